The van der Waals surface area contributed by atoms with E-state index >= 15 is 0 Å². The zero-order valence-electron chi connectivity index (χ0n) is 15.4. The van der Waals surface area contributed by atoms with E-state index in [9.17, 15) is 14.4 Å². The molecular formula is C18H22N4O3S2. The van der Waals surface area contributed by atoms with Gasteiger partial charge < -0.3 is 10.2 Å². The molecule has 27 heavy (non-hydrogen) atoms. The summed E-state index contributed by atoms with van der Waals surface area (Å²) in [4.78, 5) is 45.0. The van der Waals surface area contributed by atoms with Gasteiger partial charge in [0.15, 0.2) is 5.16 Å². The molecule has 2 amide bonds. The molecule has 1 saturated carbocycles. The molecule has 0 spiro atoms. The van der Waals surface area contributed by atoms with Crippen LogP contribution in [0, 0.1) is 0 Å². The molecule has 2 aliphatic rings. The molecule has 0 atom stereocenters. The van der Waals surface area contributed by atoms with E-state index in [1.807, 2.05) is 0 Å². The zero-order chi connectivity index (χ0) is 19.1. The molecule has 0 aromatic carbocycles. The number of amides is 2. The predicted molar refractivity (Wildman–Crippen MR) is 106 cm³/mol. The summed E-state index contributed by atoms with van der Waals surface area (Å²) in [5, 5.41) is 4.16. The summed E-state index contributed by atoms with van der Waals surface area (Å²) in [6.07, 6.45) is 5.12. The minimum absolute atomic E-state index is 0.0356. The number of hydrogen-bond donors (Lipinski definition) is 1. The summed E-state index contributed by atoms with van der Waals surface area (Å²) in [6, 6.07) is 0.285. The first-order valence-electron chi connectivity index (χ1n) is 9.11. The van der Waals surface area contributed by atoms with Crippen molar-refractivity contribution >= 4 is 45.1 Å². The summed E-state index contributed by atoms with van der Waals surface area (Å²) < 4.78 is 1.53. The normalized spacial score (nSPS) is 15.8. The van der Waals surface area contributed by atoms with Gasteiger partial charge in [-0.05, 0) is 37.7 Å². The maximum absolute atomic E-state index is 12.8. The standard InChI is InChI=1S/C18H22N4O3S2/c1-21(8-13(23)19-10-6-7-10)14(24)9-26-18-20-16-15(17(25)22(18)2)11-4-3-5-12(11)27-16/h10H,3-9H2,1-2H3,(H,19,23). The number of aromatic nitrogens is 2. The fourth-order valence-electron chi connectivity index (χ4n) is 3.28. The van der Waals surface area contributed by atoms with Crippen molar-refractivity contribution in [1.82, 2.24) is 19.8 Å². The number of rotatable bonds is 6. The zero-order valence-corrected chi connectivity index (χ0v) is 17.0. The van der Waals surface area contributed by atoms with Crippen LogP contribution in [0.2, 0.25) is 0 Å². The van der Waals surface area contributed by atoms with Crippen LogP contribution in [0.25, 0.3) is 10.2 Å². The van der Waals surface area contributed by atoms with Gasteiger partial charge in [-0.25, -0.2) is 4.98 Å². The van der Waals surface area contributed by atoms with Crippen molar-refractivity contribution in [3.8, 4) is 0 Å². The van der Waals surface area contributed by atoms with E-state index in [1.54, 1.807) is 25.4 Å². The Balaban J connectivity index is 1.44. The lowest BCUT2D eigenvalue weighted by Gasteiger charge is -2.16. The highest BCUT2D eigenvalue weighted by Gasteiger charge is 2.25. The molecule has 0 saturated heterocycles. The van der Waals surface area contributed by atoms with E-state index in [0.29, 0.717) is 5.16 Å². The number of nitrogens with one attached hydrogen (secondary N) is 1. The van der Waals surface area contributed by atoms with Crippen molar-refractivity contribution in [1.29, 1.82) is 0 Å². The molecule has 2 aliphatic carbocycles. The molecular weight excluding hydrogens is 384 g/mol. The highest BCUT2D eigenvalue weighted by molar-refractivity contribution is 7.99. The third kappa shape index (κ3) is 3.75. The molecule has 2 aromatic rings. The van der Waals surface area contributed by atoms with Crippen LogP contribution >= 0.6 is 23.1 Å². The average molecular weight is 407 g/mol. The fraction of sp³-hybridized carbons (Fsp3) is 0.556. The molecule has 1 fully saturated rings. The number of thiophene rings is 1. The molecule has 144 valence electrons. The second-order valence-electron chi connectivity index (χ2n) is 7.18. The van der Waals surface area contributed by atoms with Crippen molar-refractivity contribution in [3.63, 3.8) is 0 Å². The summed E-state index contributed by atoms with van der Waals surface area (Å²) in [5.74, 6) is -0.142. The Hall–Kier alpha value is -1.87. The van der Waals surface area contributed by atoms with Gasteiger partial charge in [-0.3, -0.25) is 19.0 Å². The van der Waals surface area contributed by atoms with E-state index in [-0.39, 0.29) is 35.7 Å². The van der Waals surface area contributed by atoms with Crippen molar-refractivity contribution in [2.45, 2.75) is 43.3 Å². The molecule has 1 N–H and O–H groups in total. The SMILES string of the molecule is CN(CC(=O)NC1CC1)C(=O)CSc1nc2sc3c(c2c(=O)n1C)CCC3. The quantitative estimate of drug-likeness (QED) is 0.578. The van der Waals surface area contributed by atoms with Gasteiger partial charge >= 0.3 is 0 Å². The van der Waals surface area contributed by atoms with E-state index in [4.69, 9.17) is 0 Å². The lowest BCUT2D eigenvalue weighted by molar-refractivity contribution is -0.132. The lowest BCUT2D eigenvalue weighted by Crippen LogP contribution is -2.39. The third-order valence-corrected chi connectivity index (χ3v) is 7.18. The van der Waals surface area contributed by atoms with Gasteiger partial charge in [0.05, 0.1) is 17.7 Å². The Morgan fingerprint density at radius 1 is 1.37 bits per heavy atom. The predicted octanol–water partition coefficient (Wildman–Crippen LogP) is 1.31. The van der Waals surface area contributed by atoms with Crippen LogP contribution in [-0.2, 0) is 29.5 Å². The molecule has 9 heteroatoms. The van der Waals surface area contributed by atoms with E-state index in [1.165, 1.54) is 26.1 Å². The van der Waals surface area contributed by atoms with E-state index in [0.717, 1.165) is 47.9 Å². The van der Waals surface area contributed by atoms with E-state index < -0.39 is 0 Å². The van der Waals surface area contributed by atoms with Crippen molar-refractivity contribution < 1.29 is 9.59 Å². The molecule has 2 heterocycles. The van der Waals surface area contributed by atoms with Gasteiger partial charge in [0.2, 0.25) is 11.8 Å². The third-order valence-electron chi connectivity index (χ3n) is 4.98. The molecule has 0 bridgehead atoms. The number of hydrogen-bond acceptors (Lipinski definition) is 6. The molecule has 4 rings (SSSR count). The minimum atomic E-state index is -0.158. The van der Waals surface area contributed by atoms with Gasteiger partial charge in [-0.1, -0.05) is 11.8 Å². The van der Waals surface area contributed by atoms with Gasteiger partial charge in [-0.2, -0.15) is 0 Å². The number of nitrogens with zero attached hydrogens (tertiary/aromatic N) is 3. The van der Waals surface area contributed by atoms with Crippen molar-refractivity contribution in [2.75, 3.05) is 19.3 Å². The smallest absolute Gasteiger partial charge is 0.262 e. The van der Waals surface area contributed by atoms with Crippen LogP contribution in [0.1, 0.15) is 29.7 Å². The maximum atomic E-state index is 12.8. The number of aryl methyl sites for hydroxylation is 2. The van der Waals surface area contributed by atoms with Gasteiger partial charge in [0.25, 0.3) is 5.56 Å². The Morgan fingerprint density at radius 2 is 2.15 bits per heavy atom. The number of thioether (sulfide) groups is 1. The largest absolute Gasteiger partial charge is 0.352 e. The van der Waals surface area contributed by atoms with Gasteiger partial charge in [-0.15, -0.1) is 11.3 Å². The Morgan fingerprint density at radius 3 is 2.89 bits per heavy atom. The summed E-state index contributed by atoms with van der Waals surface area (Å²) >= 11 is 2.84. The minimum Gasteiger partial charge on any atom is -0.352 e. The lowest BCUT2D eigenvalue weighted by atomic mass is 10.2. The Labute approximate surface area is 165 Å². The van der Waals surface area contributed by atoms with Crippen molar-refractivity contribution in [2.24, 2.45) is 7.05 Å². The number of likely N-dealkylation sites (N-methyl/N-ethyl adjacent to an activating group) is 1. The highest BCUT2D eigenvalue weighted by atomic mass is 32.2. The van der Waals surface area contributed by atoms with Gasteiger partial charge in [0, 0.05) is 25.0 Å². The first-order chi connectivity index (χ1) is 12.9. The molecule has 0 unspecified atom stereocenters. The number of carbonyl (C=O) groups excluding carboxylic acids is 2. The Kier molecular flexibility index (Phi) is 4.98. The van der Waals surface area contributed by atoms with Crippen LogP contribution in [-0.4, -0.2) is 51.7 Å². The second-order valence-corrected chi connectivity index (χ2v) is 9.20. The van der Waals surface area contributed by atoms with Crippen LogP contribution in [0.4, 0.5) is 0 Å². The van der Waals surface area contributed by atoms with Gasteiger partial charge in [0.1, 0.15) is 4.83 Å². The molecule has 0 aliphatic heterocycles. The number of carbonyl (C=O) groups is 2. The first kappa shape index (κ1) is 18.5. The van der Waals surface area contributed by atoms with Crippen LogP contribution in [0.15, 0.2) is 9.95 Å². The van der Waals surface area contributed by atoms with Crippen molar-refractivity contribution in [3.05, 3.63) is 20.8 Å². The van der Waals surface area contributed by atoms with Crippen LogP contribution < -0.4 is 10.9 Å². The molecule has 7 nitrogen and oxygen atoms in total. The maximum Gasteiger partial charge on any atom is 0.262 e. The van der Waals surface area contributed by atoms with E-state index in [2.05, 4.69) is 10.3 Å². The Bertz CT molecular complexity index is 977. The summed E-state index contributed by atoms with van der Waals surface area (Å²) in [5.41, 5.74) is 1.13. The summed E-state index contributed by atoms with van der Waals surface area (Å²) in [6.45, 7) is 0.0545. The topological polar surface area (TPSA) is 84.3 Å². The van der Waals surface area contributed by atoms with Crippen LogP contribution in [0.3, 0.4) is 0 Å². The fourth-order valence-corrected chi connectivity index (χ4v) is 5.49. The molecule has 2 aromatic heterocycles. The highest BCUT2D eigenvalue weighted by Crippen LogP contribution is 2.35. The average Bonchev–Trinajstić information content (AvgIpc) is 3.20. The first-order valence-corrected chi connectivity index (χ1v) is 10.9. The molecule has 0 radical (unpaired) electrons. The van der Waals surface area contributed by atoms with Crippen LogP contribution in [0.5, 0.6) is 0 Å². The number of fused-ring (bicyclic) bond motifs is 3. The second kappa shape index (κ2) is 7.27. The monoisotopic (exact) mass is 406 g/mol. The summed E-state index contributed by atoms with van der Waals surface area (Å²) in [7, 11) is 3.32.